The number of halogens is 2. The van der Waals surface area contributed by atoms with E-state index >= 15 is 0 Å². The normalized spacial score (nSPS) is 14.6. The second-order valence-corrected chi connectivity index (χ2v) is 4.16. The summed E-state index contributed by atoms with van der Waals surface area (Å²) in [5, 5.41) is 6.21. The smallest absolute Gasteiger partial charge is 0.130 e. The maximum atomic E-state index is 13.7. The average Bonchev–Trinajstić information content (AvgIpc) is 2.31. The van der Waals surface area contributed by atoms with Gasteiger partial charge in [0.1, 0.15) is 11.6 Å². The summed E-state index contributed by atoms with van der Waals surface area (Å²) >= 11 is 0. The summed E-state index contributed by atoms with van der Waals surface area (Å²) in [5.41, 5.74) is 0.524. The summed E-state index contributed by atoms with van der Waals surface area (Å²) in [4.78, 5) is 0. The minimum Gasteiger partial charge on any atom is -0.319 e. The van der Waals surface area contributed by atoms with Gasteiger partial charge in [0.05, 0.1) is 0 Å². The molecule has 96 valence electrons. The number of nitrogens with one attached hydrogen (secondary N) is 2. The first-order valence-electron chi connectivity index (χ1n) is 5.90. The zero-order chi connectivity index (χ0) is 12.8. The van der Waals surface area contributed by atoms with E-state index in [0.29, 0.717) is 5.56 Å². The van der Waals surface area contributed by atoms with Crippen molar-refractivity contribution in [2.75, 3.05) is 20.6 Å². The fourth-order valence-corrected chi connectivity index (χ4v) is 2.16. The maximum Gasteiger partial charge on any atom is 0.130 e. The van der Waals surface area contributed by atoms with Crippen LogP contribution in [0.15, 0.2) is 18.2 Å². The fraction of sp³-hybridized carbons (Fsp3) is 0.538. The van der Waals surface area contributed by atoms with Gasteiger partial charge in [-0.25, -0.2) is 8.78 Å². The van der Waals surface area contributed by atoms with Gasteiger partial charge in [-0.05, 0) is 32.6 Å². The fourth-order valence-electron chi connectivity index (χ4n) is 2.16. The molecular weight excluding hydrogens is 222 g/mol. The van der Waals surface area contributed by atoms with Crippen molar-refractivity contribution in [3.05, 3.63) is 35.4 Å². The molecule has 2 atom stereocenters. The molecule has 2 nitrogen and oxygen atoms in total. The van der Waals surface area contributed by atoms with Crippen LogP contribution in [0.25, 0.3) is 0 Å². The van der Waals surface area contributed by atoms with E-state index in [1.807, 2.05) is 7.05 Å². The minimum atomic E-state index is -0.539. The van der Waals surface area contributed by atoms with Crippen molar-refractivity contribution in [3.63, 3.8) is 0 Å². The molecule has 1 rings (SSSR count). The van der Waals surface area contributed by atoms with E-state index in [0.717, 1.165) is 19.0 Å². The zero-order valence-electron chi connectivity index (χ0n) is 10.6. The summed E-state index contributed by atoms with van der Waals surface area (Å²) in [7, 11) is 3.67. The van der Waals surface area contributed by atoms with Crippen LogP contribution in [0.1, 0.15) is 24.9 Å². The van der Waals surface area contributed by atoms with Crippen LogP contribution in [0.4, 0.5) is 8.78 Å². The Hall–Kier alpha value is -1.00. The van der Waals surface area contributed by atoms with Crippen molar-refractivity contribution in [2.45, 2.75) is 19.4 Å². The molecule has 0 aliphatic carbocycles. The summed E-state index contributed by atoms with van der Waals surface area (Å²) in [5.74, 6) is -0.758. The van der Waals surface area contributed by atoms with Crippen LogP contribution in [0.5, 0.6) is 0 Å². The van der Waals surface area contributed by atoms with E-state index in [2.05, 4.69) is 17.6 Å². The van der Waals surface area contributed by atoms with Gasteiger partial charge in [-0.3, -0.25) is 0 Å². The standard InChI is InChI=1S/C13H20F2N2/c1-4-9(8-16-2)13(17-3)11-6-5-10(14)7-12(11)15/h5-7,9,13,16-17H,4,8H2,1-3H3. The van der Waals surface area contributed by atoms with Crippen LogP contribution in [0.2, 0.25) is 0 Å². The molecule has 0 spiro atoms. The van der Waals surface area contributed by atoms with Gasteiger partial charge in [-0.1, -0.05) is 19.4 Å². The number of hydrogen-bond donors (Lipinski definition) is 2. The summed E-state index contributed by atoms with van der Waals surface area (Å²) < 4.78 is 26.6. The zero-order valence-corrected chi connectivity index (χ0v) is 10.6. The highest BCUT2D eigenvalue weighted by Gasteiger charge is 2.22. The van der Waals surface area contributed by atoms with Gasteiger partial charge >= 0.3 is 0 Å². The Morgan fingerprint density at radius 2 is 1.94 bits per heavy atom. The lowest BCUT2D eigenvalue weighted by Gasteiger charge is -2.26. The first-order chi connectivity index (χ1) is 8.13. The lowest BCUT2D eigenvalue weighted by atomic mass is 9.90. The quantitative estimate of drug-likeness (QED) is 0.800. The van der Waals surface area contributed by atoms with Crippen LogP contribution < -0.4 is 10.6 Å². The van der Waals surface area contributed by atoms with Gasteiger partial charge in [0, 0.05) is 17.7 Å². The van der Waals surface area contributed by atoms with Gasteiger partial charge in [0.25, 0.3) is 0 Å². The van der Waals surface area contributed by atoms with Crippen LogP contribution in [0.3, 0.4) is 0 Å². The third-order valence-corrected chi connectivity index (χ3v) is 3.07. The SMILES string of the molecule is CCC(CNC)C(NC)c1ccc(F)cc1F. The molecule has 4 heteroatoms. The lowest BCUT2D eigenvalue weighted by Crippen LogP contribution is -2.32. The van der Waals surface area contributed by atoms with Gasteiger partial charge < -0.3 is 10.6 Å². The number of benzene rings is 1. The molecule has 0 heterocycles. The highest BCUT2D eigenvalue weighted by atomic mass is 19.1. The molecule has 1 aromatic rings. The third kappa shape index (κ3) is 3.48. The van der Waals surface area contributed by atoms with Crippen molar-refractivity contribution < 1.29 is 8.78 Å². The monoisotopic (exact) mass is 242 g/mol. The summed E-state index contributed by atoms with van der Waals surface area (Å²) in [6.45, 7) is 2.85. The second-order valence-electron chi connectivity index (χ2n) is 4.16. The van der Waals surface area contributed by atoms with Crippen molar-refractivity contribution in [1.82, 2.24) is 10.6 Å². The van der Waals surface area contributed by atoms with E-state index in [1.165, 1.54) is 12.1 Å². The van der Waals surface area contributed by atoms with Crippen molar-refractivity contribution in [2.24, 2.45) is 5.92 Å². The number of hydrogen-bond acceptors (Lipinski definition) is 2. The van der Waals surface area contributed by atoms with Crippen LogP contribution in [-0.2, 0) is 0 Å². The van der Waals surface area contributed by atoms with E-state index in [9.17, 15) is 8.78 Å². The molecule has 0 saturated heterocycles. The molecule has 0 aliphatic heterocycles. The van der Waals surface area contributed by atoms with Crippen molar-refractivity contribution in [1.29, 1.82) is 0 Å². The predicted molar refractivity (Wildman–Crippen MR) is 65.9 cm³/mol. The Bertz CT molecular complexity index is 355. The topological polar surface area (TPSA) is 24.1 Å². The van der Waals surface area contributed by atoms with E-state index in [1.54, 1.807) is 7.05 Å². The predicted octanol–water partition coefficient (Wildman–Crippen LogP) is 2.47. The molecule has 0 amide bonds. The molecule has 17 heavy (non-hydrogen) atoms. The molecule has 0 saturated carbocycles. The van der Waals surface area contributed by atoms with Crippen molar-refractivity contribution >= 4 is 0 Å². The summed E-state index contributed by atoms with van der Waals surface area (Å²) in [6, 6.07) is 3.65. The number of rotatable bonds is 6. The van der Waals surface area contributed by atoms with E-state index < -0.39 is 11.6 Å². The summed E-state index contributed by atoms with van der Waals surface area (Å²) in [6.07, 6.45) is 0.920. The Balaban J connectivity index is 2.99. The highest BCUT2D eigenvalue weighted by molar-refractivity contribution is 5.23. The van der Waals surface area contributed by atoms with Gasteiger partial charge in [0.15, 0.2) is 0 Å². The first kappa shape index (κ1) is 14.1. The first-order valence-corrected chi connectivity index (χ1v) is 5.90. The molecule has 2 N–H and O–H groups in total. The molecule has 0 aromatic heterocycles. The molecule has 0 fully saturated rings. The van der Waals surface area contributed by atoms with Crippen LogP contribution >= 0.6 is 0 Å². The maximum absolute atomic E-state index is 13.7. The molecule has 1 aromatic carbocycles. The van der Waals surface area contributed by atoms with Gasteiger partial charge in [-0.2, -0.15) is 0 Å². The van der Waals surface area contributed by atoms with E-state index in [4.69, 9.17) is 0 Å². The largest absolute Gasteiger partial charge is 0.319 e. The Morgan fingerprint density at radius 1 is 1.24 bits per heavy atom. The third-order valence-electron chi connectivity index (χ3n) is 3.07. The molecule has 2 unspecified atom stereocenters. The van der Waals surface area contributed by atoms with Crippen LogP contribution in [-0.4, -0.2) is 20.6 Å². The molecular formula is C13H20F2N2. The molecule has 0 bridgehead atoms. The van der Waals surface area contributed by atoms with E-state index in [-0.39, 0.29) is 12.0 Å². The molecule has 0 radical (unpaired) electrons. The second kappa shape index (κ2) is 6.67. The Labute approximate surface area is 101 Å². The highest BCUT2D eigenvalue weighted by Crippen LogP contribution is 2.26. The Morgan fingerprint density at radius 3 is 2.41 bits per heavy atom. The Kier molecular flexibility index (Phi) is 5.51. The lowest BCUT2D eigenvalue weighted by molar-refractivity contribution is 0.349. The minimum absolute atomic E-state index is 0.104. The van der Waals surface area contributed by atoms with Crippen LogP contribution in [0, 0.1) is 17.6 Å². The van der Waals surface area contributed by atoms with Gasteiger partial charge in [-0.15, -0.1) is 0 Å². The van der Waals surface area contributed by atoms with Crippen molar-refractivity contribution in [3.8, 4) is 0 Å². The molecule has 0 aliphatic rings. The average molecular weight is 242 g/mol. The van der Waals surface area contributed by atoms with Gasteiger partial charge in [0.2, 0.25) is 0 Å².